The molecule has 0 amide bonds. The molecular formula is C20H15F3O3. The van der Waals surface area contributed by atoms with Gasteiger partial charge >= 0.3 is 12.1 Å². The molecule has 0 heterocycles. The monoisotopic (exact) mass is 360 g/mol. The van der Waals surface area contributed by atoms with E-state index >= 15 is 0 Å². The molecule has 0 bridgehead atoms. The lowest BCUT2D eigenvalue weighted by Crippen LogP contribution is -2.04. The Morgan fingerprint density at radius 1 is 1.00 bits per heavy atom. The topological polar surface area (TPSA) is 46.5 Å². The standard InChI is InChI=1S/C20H15F3O3/c1-2-26-18-11-14(12-3-6-16(7-4-12)20(21,22)23)10-15-9-13(19(24)25)5-8-17(15)18/h3-11H,2H2,1H3,(H,24,25). The first kappa shape index (κ1) is 17.8. The molecule has 3 aromatic carbocycles. The molecule has 0 fully saturated rings. The van der Waals surface area contributed by atoms with Crippen molar-refractivity contribution in [1.82, 2.24) is 0 Å². The minimum Gasteiger partial charge on any atom is -0.493 e. The molecule has 0 radical (unpaired) electrons. The van der Waals surface area contributed by atoms with Crippen molar-refractivity contribution in [3.8, 4) is 16.9 Å². The van der Waals surface area contributed by atoms with Crippen molar-refractivity contribution in [2.24, 2.45) is 0 Å². The largest absolute Gasteiger partial charge is 0.493 e. The normalized spacial score (nSPS) is 11.5. The third-order valence-electron chi connectivity index (χ3n) is 4.01. The number of hydrogen-bond donors (Lipinski definition) is 1. The molecule has 6 heteroatoms. The van der Waals surface area contributed by atoms with E-state index in [9.17, 15) is 23.1 Å². The summed E-state index contributed by atoms with van der Waals surface area (Å²) in [4.78, 5) is 11.2. The van der Waals surface area contributed by atoms with Crippen molar-refractivity contribution in [2.75, 3.05) is 6.61 Å². The molecule has 0 aromatic heterocycles. The number of hydrogen-bond acceptors (Lipinski definition) is 2. The van der Waals surface area contributed by atoms with Crippen LogP contribution in [0.15, 0.2) is 54.6 Å². The zero-order chi connectivity index (χ0) is 18.9. The maximum absolute atomic E-state index is 12.7. The number of rotatable bonds is 4. The summed E-state index contributed by atoms with van der Waals surface area (Å²) >= 11 is 0. The smallest absolute Gasteiger partial charge is 0.416 e. The van der Waals surface area contributed by atoms with Crippen molar-refractivity contribution in [1.29, 1.82) is 0 Å². The van der Waals surface area contributed by atoms with E-state index in [1.165, 1.54) is 24.3 Å². The van der Waals surface area contributed by atoms with Crippen LogP contribution in [-0.2, 0) is 6.18 Å². The summed E-state index contributed by atoms with van der Waals surface area (Å²) in [5.41, 5.74) is 0.642. The van der Waals surface area contributed by atoms with Gasteiger partial charge in [0.25, 0.3) is 0 Å². The van der Waals surface area contributed by atoms with Crippen LogP contribution in [0.5, 0.6) is 5.75 Å². The molecule has 26 heavy (non-hydrogen) atoms. The highest BCUT2D eigenvalue weighted by atomic mass is 19.4. The van der Waals surface area contributed by atoms with Gasteiger partial charge in [-0.05, 0) is 65.9 Å². The van der Waals surface area contributed by atoms with Crippen LogP contribution in [0.2, 0.25) is 0 Å². The molecule has 0 saturated carbocycles. The Balaban J connectivity index is 2.14. The van der Waals surface area contributed by atoms with Crippen molar-refractivity contribution in [2.45, 2.75) is 13.1 Å². The second kappa shape index (κ2) is 6.71. The van der Waals surface area contributed by atoms with Crippen molar-refractivity contribution in [3.63, 3.8) is 0 Å². The van der Waals surface area contributed by atoms with Crippen LogP contribution in [0.1, 0.15) is 22.8 Å². The van der Waals surface area contributed by atoms with Gasteiger partial charge in [0.15, 0.2) is 0 Å². The minimum atomic E-state index is -4.39. The zero-order valence-electron chi connectivity index (χ0n) is 13.8. The molecule has 0 aliphatic carbocycles. The summed E-state index contributed by atoms with van der Waals surface area (Å²) in [6, 6.07) is 13.0. The maximum Gasteiger partial charge on any atom is 0.416 e. The summed E-state index contributed by atoms with van der Waals surface area (Å²) in [7, 11) is 0. The fourth-order valence-electron chi connectivity index (χ4n) is 2.76. The molecule has 3 aromatic rings. The molecule has 0 saturated heterocycles. The summed E-state index contributed by atoms with van der Waals surface area (Å²) in [5, 5.41) is 10.6. The van der Waals surface area contributed by atoms with Crippen molar-refractivity contribution < 1.29 is 27.8 Å². The number of carboxylic acid groups (broad SMARTS) is 1. The van der Waals surface area contributed by atoms with Gasteiger partial charge in [-0.1, -0.05) is 12.1 Å². The predicted molar refractivity (Wildman–Crippen MR) is 92.5 cm³/mol. The second-order valence-corrected chi connectivity index (χ2v) is 5.72. The van der Waals surface area contributed by atoms with Crippen LogP contribution in [0.4, 0.5) is 13.2 Å². The van der Waals surface area contributed by atoms with E-state index in [2.05, 4.69) is 0 Å². The number of aromatic carboxylic acids is 1. The first-order chi connectivity index (χ1) is 12.3. The molecule has 0 aliphatic rings. The molecule has 0 aliphatic heterocycles. The van der Waals surface area contributed by atoms with E-state index in [0.29, 0.717) is 28.9 Å². The van der Waals surface area contributed by atoms with Crippen LogP contribution in [0.25, 0.3) is 21.9 Å². The number of halogens is 3. The molecular weight excluding hydrogens is 345 g/mol. The summed E-state index contributed by atoms with van der Waals surface area (Å²) in [5.74, 6) is -0.498. The average molecular weight is 360 g/mol. The van der Waals surface area contributed by atoms with Crippen LogP contribution in [0, 0.1) is 0 Å². The van der Waals surface area contributed by atoms with Gasteiger partial charge in [-0.3, -0.25) is 0 Å². The van der Waals surface area contributed by atoms with Crippen LogP contribution < -0.4 is 4.74 Å². The first-order valence-corrected chi connectivity index (χ1v) is 7.91. The molecule has 3 nitrogen and oxygen atoms in total. The minimum absolute atomic E-state index is 0.129. The molecule has 3 rings (SSSR count). The number of carbonyl (C=O) groups is 1. The molecule has 134 valence electrons. The lowest BCUT2D eigenvalue weighted by molar-refractivity contribution is -0.137. The van der Waals surface area contributed by atoms with Crippen molar-refractivity contribution in [3.05, 3.63) is 65.7 Å². The van der Waals surface area contributed by atoms with Crippen LogP contribution in [-0.4, -0.2) is 17.7 Å². The molecule has 1 N–H and O–H groups in total. The molecule has 0 unspecified atom stereocenters. The third-order valence-corrected chi connectivity index (χ3v) is 4.01. The van der Waals surface area contributed by atoms with Gasteiger partial charge in [0.2, 0.25) is 0 Å². The highest BCUT2D eigenvalue weighted by Crippen LogP contribution is 2.35. The zero-order valence-corrected chi connectivity index (χ0v) is 13.8. The van der Waals surface area contributed by atoms with Gasteiger partial charge in [-0.15, -0.1) is 0 Å². The maximum atomic E-state index is 12.7. The fraction of sp³-hybridized carbons (Fsp3) is 0.150. The number of ether oxygens (including phenoxy) is 1. The number of benzene rings is 3. The van der Waals surface area contributed by atoms with E-state index in [0.717, 1.165) is 17.5 Å². The Hall–Kier alpha value is -3.02. The number of carboxylic acids is 1. The van der Waals surface area contributed by atoms with E-state index in [4.69, 9.17) is 4.74 Å². The van der Waals surface area contributed by atoms with Crippen LogP contribution in [0.3, 0.4) is 0 Å². The van der Waals surface area contributed by atoms with Gasteiger partial charge < -0.3 is 9.84 Å². The lowest BCUT2D eigenvalue weighted by Gasteiger charge is -2.13. The quantitative estimate of drug-likeness (QED) is 0.657. The Morgan fingerprint density at radius 3 is 2.27 bits per heavy atom. The third kappa shape index (κ3) is 3.49. The van der Waals surface area contributed by atoms with Gasteiger partial charge in [0.1, 0.15) is 5.75 Å². The fourth-order valence-corrected chi connectivity index (χ4v) is 2.76. The Morgan fingerprint density at radius 2 is 1.69 bits per heavy atom. The van der Waals surface area contributed by atoms with Gasteiger partial charge in [-0.25, -0.2) is 4.79 Å². The van der Waals surface area contributed by atoms with E-state index < -0.39 is 17.7 Å². The van der Waals surface area contributed by atoms with Gasteiger partial charge in [0.05, 0.1) is 17.7 Å². The summed E-state index contributed by atoms with van der Waals surface area (Å²) in [6.07, 6.45) is -4.39. The Bertz CT molecular complexity index is 960. The van der Waals surface area contributed by atoms with E-state index in [1.54, 1.807) is 18.2 Å². The average Bonchev–Trinajstić information content (AvgIpc) is 2.60. The lowest BCUT2D eigenvalue weighted by atomic mass is 9.98. The van der Waals surface area contributed by atoms with Crippen molar-refractivity contribution >= 4 is 16.7 Å². The van der Waals surface area contributed by atoms with E-state index in [-0.39, 0.29) is 5.56 Å². The molecule has 0 spiro atoms. The first-order valence-electron chi connectivity index (χ1n) is 7.91. The highest BCUT2D eigenvalue weighted by Gasteiger charge is 2.30. The SMILES string of the molecule is CCOc1cc(-c2ccc(C(F)(F)F)cc2)cc2cc(C(=O)O)ccc12. The van der Waals surface area contributed by atoms with Gasteiger partial charge in [0, 0.05) is 5.39 Å². The summed E-state index contributed by atoms with van der Waals surface area (Å²) in [6.45, 7) is 2.23. The predicted octanol–water partition coefficient (Wildman–Crippen LogP) is 5.62. The number of alkyl halides is 3. The summed E-state index contributed by atoms with van der Waals surface area (Å²) < 4.78 is 43.9. The molecule has 0 atom stereocenters. The Labute approximate surface area is 147 Å². The number of fused-ring (bicyclic) bond motifs is 1. The van der Waals surface area contributed by atoms with Gasteiger partial charge in [-0.2, -0.15) is 13.2 Å². The Kier molecular flexibility index (Phi) is 4.59. The van der Waals surface area contributed by atoms with E-state index in [1.807, 2.05) is 6.92 Å². The van der Waals surface area contributed by atoms with Crippen LogP contribution >= 0.6 is 0 Å². The highest BCUT2D eigenvalue weighted by molar-refractivity contribution is 5.98. The second-order valence-electron chi connectivity index (χ2n) is 5.72.